The van der Waals surface area contributed by atoms with Crippen LogP contribution >= 0.6 is 11.8 Å². The smallest absolute Gasteiger partial charge is 0.313 e. The van der Waals surface area contributed by atoms with Crippen LogP contribution in [0, 0.1) is 5.82 Å². The monoisotopic (exact) mass is 310 g/mol. The second-order valence-electron chi connectivity index (χ2n) is 4.24. The fraction of sp³-hybridized carbons (Fsp3) is 0.308. The maximum absolute atomic E-state index is 13.0. The molecular weight excluding hydrogens is 295 g/mol. The molecule has 6 nitrogen and oxygen atoms in total. The van der Waals surface area contributed by atoms with E-state index in [9.17, 15) is 9.18 Å². The Hall–Kier alpha value is -2.09. The highest BCUT2D eigenvalue weighted by Crippen LogP contribution is 2.26. The Morgan fingerprint density at radius 1 is 1.38 bits per heavy atom. The van der Waals surface area contributed by atoms with Crippen LogP contribution in [-0.2, 0) is 11.8 Å². The lowest BCUT2D eigenvalue weighted by Gasteiger charge is -2.21. The van der Waals surface area contributed by atoms with Crippen molar-refractivity contribution in [3.05, 3.63) is 30.1 Å². The second-order valence-corrected chi connectivity index (χ2v) is 5.19. The van der Waals surface area contributed by atoms with Crippen LogP contribution in [0.2, 0.25) is 0 Å². The molecule has 0 saturated heterocycles. The molecule has 0 saturated carbocycles. The molecule has 0 amide bonds. The molecule has 1 N–H and O–H groups in total. The molecule has 0 fully saturated rings. The molecule has 0 aliphatic carbocycles. The summed E-state index contributed by atoms with van der Waals surface area (Å²) in [4.78, 5) is 12.5. The lowest BCUT2D eigenvalue weighted by atomic mass is 10.3. The Balaban J connectivity index is 2.26. The molecular formula is C13H15FN4O2S. The van der Waals surface area contributed by atoms with Crippen LogP contribution in [0.1, 0.15) is 6.92 Å². The third kappa shape index (κ3) is 3.52. The number of hydrogen-bond acceptors (Lipinski definition) is 5. The van der Waals surface area contributed by atoms with E-state index >= 15 is 0 Å². The standard InChI is InChI=1S/C13H15FN4O2S/c1-3-18(10-6-4-9(14)5-7-10)12-15-16-13(17(12)2)21-8-11(19)20/h4-7H,3,8H2,1-2H3,(H,19,20). The van der Waals surface area contributed by atoms with Crippen molar-refractivity contribution in [1.82, 2.24) is 14.8 Å². The summed E-state index contributed by atoms with van der Waals surface area (Å²) in [7, 11) is 1.77. The van der Waals surface area contributed by atoms with Crippen LogP contribution in [0.4, 0.5) is 16.0 Å². The number of halogens is 1. The average Bonchev–Trinajstić information content (AvgIpc) is 2.81. The van der Waals surface area contributed by atoms with Crippen molar-refractivity contribution in [3.63, 3.8) is 0 Å². The zero-order chi connectivity index (χ0) is 15.4. The van der Waals surface area contributed by atoms with Crippen molar-refractivity contribution < 1.29 is 14.3 Å². The molecule has 1 aromatic carbocycles. The first-order valence-corrected chi connectivity index (χ1v) is 7.28. The Kier molecular flexibility index (Phi) is 4.79. The molecule has 0 bridgehead atoms. The fourth-order valence-electron chi connectivity index (χ4n) is 1.85. The van der Waals surface area contributed by atoms with E-state index in [0.29, 0.717) is 17.6 Å². The summed E-state index contributed by atoms with van der Waals surface area (Å²) in [5.74, 6) is -0.702. The van der Waals surface area contributed by atoms with Crippen LogP contribution in [0.25, 0.3) is 0 Å². The number of carbonyl (C=O) groups is 1. The maximum Gasteiger partial charge on any atom is 0.313 e. The van der Waals surface area contributed by atoms with E-state index in [-0.39, 0.29) is 11.6 Å². The molecule has 8 heteroatoms. The van der Waals surface area contributed by atoms with Crippen LogP contribution in [0.15, 0.2) is 29.4 Å². The number of nitrogens with zero attached hydrogens (tertiary/aromatic N) is 4. The minimum Gasteiger partial charge on any atom is -0.481 e. The highest BCUT2D eigenvalue weighted by Gasteiger charge is 2.17. The number of rotatable bonds is 6. The summed E-state index contributed by atoms with van der Waals surface area (Å²) in [5.41, 5.74) is 0.796. The number of carboxylic acids is 1. The van der Waals surface area contributed by atoms with E-state index in [1.165, 1.54) is 12.1 Å². The molecule has 1 heterocycles. The van der Waals surface area contributed by atoms with Crippen molar-refractivity contribution in [2.75, 3.05) is 17.2 Å². The summed E-state index contributed by atoms with van der Waals surface area (Å²) >= 11 is 1.10. The predicted molar refractivity (Wildman–Crippen MR) is 78.4 cm³/mol. The lowest BCUT2D eigenvalue weighted by Crippen LogP contribution is -2.20. The summed E-state index contributed by atoms with van der Waals surface area (Å²) in [6.07, 6.45) is 0. The molecule has 2 aromatic rings. The third-order valence-corrected chi connectivity index (χ3v) is 3.84. The first-order valence-electron chi connectivity index (χ1n) is 6.30. The largest absolute Gasteiger partial charge is 0.481 e. The van der Waals surface area contributed by atoms with E-state index in [1.807, 2.05) is 11.8 Å². The molecule has 0 unspecified atom stereocenters. The molecule has 0 atom stereocenters. The fourth-order valence-corrected chi connectivity index (χ4v) is 2.48. The van der Waals surface area contributed by atoms with Gasteiger partial charge >= 0.3 is 5.97 Å². The summed E-state index contributed by atoms with van der Waals surface area (Å²) in [6.45, 7) is 2.57. The van der Waals surface area contributed by atoms with E-state index in [1.54, 1.807) is 23.7 Å². The SMILES string of the molecule is CCN(c1ccc(F)cc1)c1nnc(SCC(=O)O)n1C. The zero-order valence-electron chi connectivity index (χ0n) is 11.7. The summed E-state index contributed by atoms with van der Waals surface area (Å²) < 4.78 is 14.7. The molecule has 0 aliphatic heterocycles. The van der Waals surface area contributed by atoms with Gasteiger partial charge in [-0.15, -0.1) is 10.2 Å². The molecule has 0 spiro atoms. The van der Waals surface area contributed by atoms with Gasteiger partial charge in [0.25, 0.3) is 0 Å². The Morgan fingerprint density at radius 3 is 2.62 bits per heavy atom. The van der Waals surface area contributed by atoms with Gasteiger partial charge < -0.3 is 10.0 Å². The van der Waals surface area contributed by atoms with Crippen molar-refractivity contribution in [2.24, 2.45) is 7.05 Å². The number of thioether (sulfide) groups is 1. The first-order chi connectivity index (χ1) is 10.0. The summed E-state index contributed by atoms with van der Waals surface area (Å²) in [6, 6.07) is 6.10. The van der Waals surface area contributed by atoms with Crippen molar-refractivity contribution >= 4 is 29.4 Å². The number of aromatic nitrogens is 3. The van der Waals surface area contributed by atoms with Gasteiger partial charge in [0.2, 0.25) is 5.95 Å². The van der Waals surface area contributed by atoms with Gasteiger partial charge in [-0.3, -0.25) is 9.36 Å². The minimum atomic E-state index is -0.907. The van der Waals surface area contributed by atoms with Crippen molar-refractivity contribution in [3.8, 4) is 0 Å². The minimum absolute atomic E-state index is 0.0748. The van der Waals surface area contributed by atoms with Crippen molar-refractivity contribution in [1.29, 1.82) is 0 Å². The van der Waals surface area contributed by atoms with Gasteiger partial charge in [0.1, 0.15) is 5.82 Å². The van der Waals surface area contributed by atoms with Crippen LogP contribution < -0.4 is 4.90 Å². The highest BCUT2D eigenvalue weighted by molar-refractivity contribution is 7.99. The van der Waals surface area contributed by atoms with E-state index in [2.05, 4.69) is 10.2 Å². The molecule has 0 aliphatic rings. The van der Waals surface area contributed by atoms with E-state index in [0.717, 1.165) is 17.4 Å². The number of benzene rings is 1. The van der Waals surface area contributed by atoms with Crippen LogP contribution in [0.5, 0.6) is 0 Å². The Morgan fingerprint density at radius 2 is 2.05 bits per heavy atom. The van der Waals surface area contributed by atoms with Gasteiger partial charge in [-0.1, -0.05) is 11.8 Å². The van der Waals surface area contributed by atoms with Gasteiger partial charge in [0, 0.05) is 19.3 Å². The normalized spacial score (nSPS) is 10.6. The van der Waals surface area contributed by atoms with E-state index in [4.69, 9.17) is 5.11 Å². The number of hydrogen-bond donors (Lipinski definition) is 1. The molecule has 2 rings (SSSR count). The topological polar surface area (TPSA) is 71.2 Å². The van der Waals surface area contributed by atoms with Gasteiger partial charge in [-0.25, -0.2) is 4.39 Å². The molecule has 21 heavy (non-hydrogen) atoms. The summed E-state index contributed by atoms with van der Waals surface area (Å²) in [5, 5.41) is 17.3. The quantitative estimate of drug-likeness (QED) is 0.825. The van der Waals surface area contributed by atoms with E-state index < -0.39 is 5.97 Å². The average molecular weight is 310 g/mol. The third-order valence-electron chi connectivity index (χ3n) is 2.83. The van der Waals surface area contributed by atoms with Gasteiger partial charge in [-0.2, -0.15) is 0 Å². The highest BCUT2D eigenvalue weighted by atomic mass is 32.2. The molecule has 112 valence electrons. The number of anilines is 2. The molecule has 1 aromatic heterocycles. The molecule has 0 radical (unpaired) electrons. The van der Waals surface area contributed by atoms with Gasteiger partial charge in [0.15, 0.2) is 5.16 Å². The zero-order valence-corrected chi connectivity index (χ0v) is 12.5. The lowest BCUT2D eigenvalue weighted by molar-refractivity contribution is -0.133. The van der Waals surface area contributed by atoms with Crippen molar-refractivity contribution in [2.45, 2.75) is 12.1 Å². The van der Waals surface area contributed by atoms with Gasteiger partial charge in [0.05, 0.1) is 5.75 Å². The Bertz CT molecular complexity index is 630. The van der Waals surface area contributed by atoms with Crippen LogP contribution in [0.3, 0.4) is 0 Å². The van der Waals surface area contributed by atoms with Crippen LogP contribution in [-0.4, -0.2) is 38.1 Å². The predicted octanol–water partition coefficient (Wildman–Crippen LogP) is 2.29. The second kappa shape index (κ2) is 6.57. The number of carboxylic acid groups (broad SMARTS) is 1. The maximum atomic E-state index is 13.0. The Labute approximate surface area is 125 Å². The van der Waals surface area contributed by atoms with Gasteiger partial charge in [-0.05, 0) is 31.2 Å². The first kappa shape index (κ1) is 15.3. The number of aliphatic carboxylic acids is 1.